The van der Waals surface area contributed by atoms with Gasteiger partial charge in [0.05, 0.1) is 0 Å². The van der Waals surface area contributed by atoms with Gasteiger partial charge in [-0.2, -0.15) is 0 Å². The number of rotatable bonds is 3. The Hall–Kier alpha value is -0.810. The Balaban J connectivity index is 1.83. The van der Waals surface area contributed by atoms with E-state index in [-0.39, 0.29) is 5.91 Å². The third-order valence-corrected chi connectivity index (χ3v) is 5.23. The van der Waals surface area contributed by atoms with Gasteiger partial charge in [0.25, 0.3) is 5.91 Å². The number of hydrogen-bond acceptors (Lipinski definition) is 2. The van der Waals surface area contributed by atoms with Crippen molar-refractivity contribution in [1.82, 2.24) is 14.8 Å². The number of hydrogen-bond donors (Lipinski definition) is 1. The zero-order valence-corrected chi connectivity index (χ0v) is 14.2. The number of halogens is 1. The van der Waals surface area contributed by atoms with Gasteiger partial charge in [-0.15, -0.1) is 0 Å². The molecule has 2 unspecified atom stereocenters. The number of likely N-dealkylation sites (tertiary alicyclic amines) is 1. The zero-order valence-electron chi connectivity index (χ0n) is 12.6. The average molecular weight is 354 g/mol. The van der Waals surface area contributed by atoms with Crippen molar-refractivity contribution in [2.75, 3.05) is 13.1 Å². The second kappa shape index (κ2) is 6.53. The molecule has 2 aliphatic heterocycles. The number of nitrogens with zero attached hydrogens (tertiary/aromatic N) is 2. The van der Waals surface area contributed by atoms with Gasteiger partial charge in [-0.1, -0.05) is 0 Å². The number of piperidine rings is 1. The average Bonchev–Trinajstić information content (AvgIpc) is 3.15. The van der Waals surface area contributed by atoms with Gasteiger partial charge < -0.3 is 14.8 Å². The Morgan fingerprint density at radius 2 is 2.24 bits per heavy atom. The van der Waals surface area contributed by atoms with E-state index >= 15 is 0 Å². The summed E-state index contributed by atoms with van der Waals surface area (Å²) in [6.07, 6.45) is 7.94. The lowest BCUT2D eigenvalue weighted by atomic mass is 9.94. The highest BCUT2D eigenvalue weighted by molar-refractivity contribution is 9.10. The first-order valence-corrected chi connectivity index (χ1v) is 8.90. The minimum absolute atomic E-state index is 0.195. The lowest BCUT2D eigenvalue weighted by Crippen LogP contribution is -2.52. The van der Waals surface area contributed by atoms with Crippen LogP contribution in [0.25, 0.3) is 0 Å². The van der Waals surface area contributed by atoms with Gasteiger partial charge in [0.2, 0.25) is 0 Å². The van der Waals surface area contributed by atoms with Gasteiger partial charge in [-0.05, 0) is 67.6 Å². The van der Waals surface area contributed by atoms with Crippen LogP contribution < -0.4 is 5.32 Å². The lowest BCUT2D eigenvalue weighted by Gasteiger charge is -2.39. The van der Waals surface area contributed by atoms with E-state index in [0.29, 0.717) is 12.1 Å². The molecule has 2 fully saturated rings. The summed E-state index contributed by atoms with van der Waals surface area (Å²) >= 11 is 3.49. The SMILES string of the molecule is CCn1cc(Br)cc1C(=O)N1CCCCC1C1CCCN1. The third-order valence-electron chi connectivity index (χ3n) is 4.80. The maximum absolute atomic E-state index is 13.0. The number of nitrogens with one attached hydrogen (secondary N) is 1. The standard InChI is InChI=1S/C16H24BrN3O/c1-2-19-11-12(17)10-15(19)16(21)20-9-4-3-7-14(20)13-6-5-8-18-13/h10-11,13-14,18H,2-9H2,1H3. The molecule has 1 aromatic rings. The summed E-state index contributed by atoms with van der Waals surface area (Å²) in [6, 6.07) is 2.81. The van der Waals surface area contributed by atoms with Crippen molar-refractivity contribution in [1.29, 1.82) is 0 Å². The summed E-state index contributed by atoms with van der Waals surface area (Å²) in [5.41, 5.74) is 0.814. The second-order valence-corrected chi connectivity index (χ2v) is 7.01. The van der Waals surface area contributed by atoms with E-state index in [4.69, 9.17) is 0 Å². The van der Waals surface area contributed by atoms with Crippen molar-refractivity contribution in [2.24, 2.45) is 0 Å². The van der Waals surface area contributed by atoms with Crippen LogP contribution in [0.5, 0.6) is 0 Å². The summed E-state index contributed by atoms with van der Waals surface area (Å²) in [7, 11) is 0. The van der Waals surface area contributed by atoms with Crippen molar-refractivity contribution in [3.63, 3.8) is 0 Å². The van der Waals surface area contributed by atoms with Gasteiger partial charge in [-0.3, -0.25) is 4.79 Å². The maximum atomic E-state index is 13.0. The van der Waals surface area contributed by atoms with Crippen LogP contribution in [-0.2, 0) is 6.54 Å². The molecule has 1 aromatic heterocycles. The van der Waals surface area contributed by atoms with Crippen LogP contribution in [0.4, 0.5) is 0 Å². The minimum Gasteiger partial charge on any atom is -0.343 e. The Labute approximate surface area is 135 Å². The molecule has 1 N–H and O–H groups in total. The van der Waals surface area contributed by atoms with E-state index in [2.05, 4.69) is 33.1 Å². The molecule has 0 aromatic carbocycles. The second-order valence-electron chi connectivity index (χ2n) is 6.09. The van der Waals surface area contributed by atoms with Crippen molar-refractivity contribution in [3.05, 3.63) is 22.4 Å². The molecular weight excluding hydrogens is 330 g/mol. The highest BCUT2D eigenvalue weighted by Gasteiger charge is 2.35. The van der Waals surface area contributed by atoms with Crippen LogP contribution in [0.2, 0.25) is 0 Å². The molecule has 2 aliphatic rings. The highest BCUT2D eigenvalue weighted by atomic mass is 79.9. The first-order valence-electron chi connectivity index (χ1n) is 8.10. The highest BCUT2D eigenvalue weighted by Crippen LogP contribution is 2.27. The quantitative estimate of drug-likeness (QED) is 0.906. The van der Waals surface area contributed by atoms with Gasteiger partial charge in [0, 0.05) is 35.8 Å². The monoisotopic (exact) mass is 353 g/mol. The largest absolute Gasteiger partial charge is 0.343 e. The summed E-state index contributed by atoms with van der Waals surface area (Å²) in [6.45, 7) is 4.90. The summed E-state index contributed by atoms with van der Waals surface area (Å²) in [5, 5.41) is 3.59. The fraction of sp³-hybridized carbons (Fsp3) is 0.688. The van der Waals surface area contributed by atoms with E-state index in [1.165, 1.54) is 19.3 Å². The number of carbonyl (C=O) groups is 1. The molecule has 5 heteroatoms. The van der Waals surface area contributed by atoms with Crippen molar-refractivity contribution >= 4 is 21.8 Å². The van der Waals surface area contributed by atoms with Gasteiger partial charge in [0.1, 0.15) is 5.69 Å². The molecule has 2 atom stereocenters. The van der Waals surface area contributed by atoms with E-state index in [9.17, 15) is 4.79 Å². The van der Waals surface area contributed by atoms with Crippen molar-refractivity contribution < 1.29 is 4.79 Å². The van der Waals surface area contributed by atoms with Crippen LogP contribution >= 0.6 is 15.9 Å². The van der Waals surface area contributed by atoms with E-state index in [1.54, 1.807) is 0 Å². The van der Waals surface area contributed by atoms with Gasteiger partial charge in [-0.25, -0.2) is 0 Å². The molecule has 0 saturated carbocycles. The third kappa shape index (κ3) is 3.04. The normalized spacial score (nSPS) is 26.3. The number of aromatic nitrogens is 1. The Morgan fingerprint density at radius 3 is 2.95 bits per heavy atom. The number of carbonyl (C=O) groups excluding carboxylic acids is 1. The van der Waals surface area contributed by atoms with Crippen LogP contribution in [0.3, 0.4) is 0 Å². The fourth-order valence-corrected chi connectivity index (χ4v) is 4.19. The van der Waals surface area contributed by atoms with Crippen LogP contribution in [0, 0.1) is 0 Å². The number of amides is 1. The summed E-state index contributed by atoms with van der Waals surface area (Å²) in [4.78, 5) is 15.1. The minimum atomic E-state index is 0.195. The summed E-state index contributed by atoms with van der Waals surface area (Å²) in [5.74, 6) is 0.195. The molecular formula is C16H24BrN3O. The topological polar surface area (TPSA) is 37.3 Å². The lowest BCUT2D eigenvalue weighted by molar-refractivity contribution is 0.0553. The van der Waals surface area contributed by atoms with Crippen LogP contribution in [-0.4, -0.2) is 40.5 Å². The molecule has 21 heavy (non-hydrogen) atoms. The molecule has 0 aliphatic carbocycles. The first-order chi connectivity index (χ1) is 10.2. The van der Waals surface area contributed by atoms with E-state index in [1.807, 2.05) is 16.8 Å². The predicted molar refractivity (Wildman–Crippen MR) is 87.5 cm³/mol. The van der Waals surface area contributed by atoms with Gasteiger partial charge >= 0.3 is 0 Å². The van der Waals surface area contributed by atoms with E-state index in [0.717, 1.165) is 42.6 Å². The molecule has 0 spiro atoms. The van der Waals surface area contributed by atoms with Crippen molar-refractivity contribution in [2.45, 2.75) is 57.7 Å². The zero-order chi connectivity index (χ0) is 14.8. The predicted octanol–water partition coefficient (Wildman–Crippen LogP) is 3.02. The fourth-order valence-electron chi connectivity index (χ4n) is 3.73. The molecule has 0 radical (unpaired) electrons. The number of aryl methyl sites for hydroxylation is 1. The van der Waals surface area contributed by atoms with E-state index < -0.39 is 0 Å². The summed E-state index contributed by atoms with van der Waals surface area (Å²) < 4.78 is 3.03. The van der Waals surface area contributed by atoms with Gasteiger partial charge in [0.15, 0.2) is 0 Å². The van der Waals surface area contributed by atoms with Crippen LogP contribution in [0.15, 0.2) is 16.7 Å². The molecule has 2 saturated heterocycles. The molecule has 0 bridgehead atoms. The Bertz CT molecular complexity index is 508. The van der Waals surface area contributed by atoms with Crippen molar-refractivity contribution in [3.8, 4) is 0 Å². The molecule has 116 valence electrons. The Morgan fingerprint density at radius 1 is 1.38 bits per heavy atom. The van der Waals surface area contributed by atoms with Crippen LogP contribution in [0.1, 0.15) is 49.5 Å². The molecule has 4 nitrogen and oxygen atoms in total. The molecule has 3 heterocycles. The first kappa shape index (κ1) is 15.1. The maximum Gasteiger partial charge on any atom is 0.270 e. The smallest absolute Gasteiger partial charge is 0.270 e. The Kier molecular flexibility index (Phi) is 4.69. The molecule has 3 rings (SSSR count). The molecule has 1 amide bonds.